The summed E-state index contributed by atoms with van der Waals surface area (Å²) in [7, 11) is 1.35. The van der Waals surface area contributed by atoms with Crippen LogP contribution in [-0.4, -0.2) is 113 Å². The van der Waals surface area contributed by atoms with Crippen LogP contribution in [0.5, 0.6) is 11.5 Å². The minimum atomic E-state index is -1.90. The molecule has 7 amide bonds. The number of phenols is 2. The first kappa shape index (κ1) is 49.1. The van der Waals surface area contributed by atoms with E-state index in [2.05, 4.69) is 31.9 Å². The molecule has 0 aromatic heterocycles. The second kappa shape index (κ2) is 21.8. The van der Waals surface area contributed by atoms with E-state index in [1.807, 2.05) is 12.1 Å². The lowest BCUT2D eigenvalue weighted by Crippen LogP contribution is -2.60. The summed E-state index contributed by atoms with van der Waals surface area (Å²) in [5, 5.41) is 37.8. The van der Waals surface area contributed by atoms with Gasteiger partial charge in [0.25, 0.3) is 17.6 Å². The van der Waals surface area contributed by atoms with Crippen LogP contribution in [0.15, 0.2) is 84.9 Å². The fourth-order valence-electron chi connectivity index (χ4n) is 7.76. The number of unbranched alkanes of at least 4 members (excludes halogenated alkanes) is 1. The van der Waals surface area contributed by atoms with Gasteiger partial charge in [-0.15, -0.1) is 0 Å². The number of likely N-dealkylation sites (N-methyl/N-ethyl adjacent to an activating group) is 1. The van der Waals surface area contributed by atoms with Gasteiger partial charge in [-0.2, -0.15) is 0 Å². The zero-order chi connectivity index (χ0) is 48.5. The summed E-state index contributed by atoms with van der Waals surface area (Å²) >= 11 is 6.04. The number of aromatic hydroxyl groups is 2. The molecule has 12 N–H and O–H groups in total. The number of hydrogen-bond donors (Lipinski definition) is 10. The molecule has 2 heterocycles. The van der Waals surface area contributed by atoms with Crippen LogP contribution in [0.4, 0.5) is 0 Å². The Morgan fingerprint density at radius 1 is 0.821 bits per heavy atom. The Morgan fingerprint density at radius 2 is 1.46 bits per heavy atom. The monoisotopic (exact) mass is 937 g/mol. The van der Waals surface area contributed by atoms with Crippen LogP contribution in [-0.2, 0) is 40.0 Å². The Hall–Kier alpha value is -7.35. The predicted octanol–water partition coefficient (Wildman–Crippen LogP) is 1.03. The molecule has 20 heteroatoms. The number of phenolic OH excluding ortho intramolecular Hbond substituents is 2. The fraction of sp³-hybridized carbons (Fsp3) is 0.319. The molecule has 0 saturated carbocycles. The van der Waals surface area contributed by atoms with Gasteiger partial charge < -0.3 is 58.5 Å². The molecule has 0 radical (unpaired) electrons. The van der Waals surface area contributed by atoms with Crippen molar-refractivity contribution in [2.24, 2.45) is 11.5 Å². The molecule has 6 atom stereocenters. The lowest BCUT2D eigenvalue weighted by molar-refractivity contribution is -0.142. The van der Waals surface area contributed by atoms with Crippen LogP contribution in [0.2, 0.25) is 5.02 Å². The number of fused-ring (bicyclic) bond motifs is 5. The van der Waals surface area contributed by atoms with E-state index in [0.717, 1.165) is 16.0 Å². The Morgan fingerprint density at radius 3 is 2.10 bits per heavy atom. The molecular formula is C47H52ClN9O10. The molecule has 4 bridgehead atoms. The smallest absolute Gasteiger partial charge is 0.291 e. The van der Waals surface area contributed by atoms with E-state index in [4.69, 9.17) is 23.1 Å². The number of Topliss-reactive ketones (excluding diaryl/α,β-unsaturated/α-hetero) is 1. The number of carbonyl (C=O) groups is 8. The van der Waals surface area contributed by atoms with Gasteiger partial charge in [0.2, 0.25) is 29.5 Å². The molecule has 0 spiro atoms. The maximum Gasteiger partial charge on any atom is 0.291 e. The normalized spacial score (nSPS) is 19.0. The highest BCUT2D eigenvalue weighted by Gasteiger charge is 2.37. The quantitative estimate of drug-likeness (QED) is 0.0482. The van der Waals surface area contributed by atoms with Crippen LogP contribution in [0, 0.1) is 0 Å². The molecule has 0 unspecified atom stereocenters. The summed E-state index contributed by atoms with van der Waals surface area (Å²) in [4.78, 5) is 109. The third-order valence-corrected chi connectivity index (χ3v) is 11.8. The van der Waals surface area contributed by atoms with Crippen molar-refractivity contribution >= 4 is 58.7 Å². The van der Waals surface area contributed by atoms with Gasteiger partial charge in [-0.3, -0.25) is 38.4 Å². The van der Waals surface area contributed by atoms with E-state index in [9.17, 15) is 48.6 Å². The van der Waals surface area contributed by atoms with E-state index in [-0.39, 0.29) is 53.0 Å². The van der Waals surface area contributed by atoms with Crippen LogP contribution >= 0.6 is 11.6 Å². The molecule has 4 aromatic carbocycles. The van der Waals surface area contributed by atoms with Gasteiger partial charge in [0.05, 0.1) is 0 Å². The van der Waals surface area contributed by atoms with Gasteiger partial charge in [-0.1, -0.05) is 48.0 Å². The number of nitrogens with one attached hydrogen (secondary N) is 6. The van der Waals surface area contributed by atoms with Crippen molar-refractivity contribution in [2.45, 2.75) is 75.4 Å². The SMILES string of the molecule is C[C@@H]1NC(=O)[C@@H](N(C)C(=O)[C@H](CCCCN)NC(=O)c2ccc(-c3ccc(Cl)cc3)cc2)c2ccc(O)c(c2)-c2cc(ccc2O)C[C@@H](C(=O)N[C@@H](N)C(=O)C(=O)N[C@@H]2CCNC2=O)NC1=O. The number of nitrogens with zero attached hydrogens (tertiary/aromatic N) is 1. The number of rotatable bonds is 14. The Kier molecular flexibility index (Phi) is 15.9. The highest BCUT2D eigenvalue weighted by atomic mass is 35.5. The summed E-state index contributed by atoms with van der Waals surface area (Å²) < 4.78 is 0. The summed E-state index contributed by atoms with van der Waals surface area (Å²) in [6.07, 6.45) is -0.827. The molecule has 1 fully saturated rings. The highest BCUT2D eigenvalue weighted by molar-refractivity contribution is 6.38. The molecule has 67 heavy (non-hydrogen) atoms. The van der Waals surface area contributed by atoms with Gasteiger partial charge in [0.1, 0.15) is 47.9 Å². The minimum absolute atomic E-state index is 0.0371. The van der Waals surface area contributed by atoms with Gasteiger partial charge in [0, 0.05) is 41.7 Å². The molecule has 2 aliphatic heterocycles. The number of ketones is 1. The molecular weight excluding hydrogens is 886 g/mol. The van der Waals surface area contributed by atoms with Crippen molar-refractivity contribution in [3.05, 3.63) is 107 Å². The van der Waals surface area contributed by atoms with Gasteiger partial charge in [-0.25, -0.2) is 0 Å². The molecule has 352 valence electrons. The van der Waals surface area contributed by atoms with Gasteiger partial charge in [-0.05, 0) is 110 Å². The second-order valence-corrected chi connectivity index (χ2v) is 16.8. The van der Waals surface area contributed by atoms with Crippen molar-refractivity contribution in [1.82, 2.24) is 36.8 Å². The number of nitrogens with two attached hydrogens (primary N) is 2. The van der Waals surface area contributed by atoms with Crippen molar-refractivity contribution in [3.8, 4) is 33.8 Å². The summed E-state index contributed by atoms with van der Waals surface area (Å²) in [6, 6.07) is 15.7. The van der Waals surface area contributed by atoms with Crippen molar-refractivity contribution < 1.29 is 48.6 Å². The largest absolute Gasteiger partial charge is 0.507 e. The Bertz CT molecular complexity index is 2560. The topological polar surface area (TPSA) is 304 Å². The number of hydrogen-bond acceptors (Lipinski definition) is 12. The summed E-state index contributed by atoms with van der Waals surface area (Å²) in [6.45, 7) is 1.94. The number of amides is 7. The first-order valence-corrected chi connectivity index (χ1v) is 21.9. The average Bonchev–Trinajstić information content (AvgIpc) is 3.72. The standard InChI is InChI=1S/C47H52ClN9O10/c1-24-41(61)55-35(44(64)56-40(50)39(60)46(66)53-33-18-20-51-43(33)63)22-25-6-16-36(58)31(21-25)32-23-29(13-17-37(32)59)38(45(65)52-24)57(2)47(67)34(5-3-4-19-49)54-42(62)28-9-7-26(8-10-28)27-11-14-30(48)15-12-27/h6-17,21,23-24,33-35,38,40,58-59H,3-5,18-20,22,49-50H2,1-2H3,(H,51,63)(H,52,65)(H,53,66)(H,54,62)(H,55,61)(H,56,64)/t24-,33+,34-,35-,38-,40+/m0/s1. The third kappa shape index (κ3) is 11.9. The van der Waals surface area contributed by atoms with Crippen molar-refractivity contribution in [2.75, 3.05) is 20.1 Å². The number of carbonyl (C=O) groups excluding carboxylic acids is 8. The summed E-state index contributed by atoms with van der Waals surface area (Å²) in [5.41, 5.74) is 14.3. The molecule has 1 saturated heterocycles. The van der Waals surface area contributed by atoms with E-state index in [1.54, 1.807) is 36.4 Å². The highest BCUT2D eigenvalue weighted by Crippen LogP contribution is 2.39. The van der Waals surface area contributed by atoms with E-state index in [1.165, 1.54) is 50.4 Å². The second-order valence-electron chi connectivity index (χ2n) is 16.3. The third-order valence-electron chi connectivity index (χ3n) is 11.5. The van der Waals surface area contributed by atoms with Crippen molar-refractivity contribution in [1.29, 1.82) is 0 Å². The number of benzene rings is 4. The fourth-order valence-corrected chi connectivity index (χ4v) is 7.88. The lowest BCUT2D eigenvalue weighted by Gasteiger charge is -2.32. The average molecular weight is 938 g/mol. The molecule has 19 nitrogen and oxygen atoms in total. The van der Waals surface area contributed by atoms with E-state index in [0.29, 0.717) is 36.5 Å². The Balaban J connectivity index is 1.28. The minimum Gasteiger partial charge on any atom is -0.507 e. The zero-order valence-electron chi connectivity index (χ0n) is 36.6. The maximum absolute atomic E-state index is 14.6. The van der Waals surface area contributed by atoms with Gasteiger partial charge >= 0.3 is 0 Å². The van der Waals surface area contributed by atoms with Crippen LogP contribution in [0.1, 0.15) is 60.1 Å². The first-order chi connectivity index (χ1) is 31.9. The first-order valence-electron chi connectivity index (χ1n) is 21.5. The van der Waals surface area contributed by atoms with Crippen LogP contribution < -0.4 is 43.4 Å². The predicted molar refractivity (Wildman–Crippen MR) is 246 cm³/mol. The molecule has 4 aromatic rings. The molecule has 2 aliphatic rings. The molecule has 6 rings (SSSR count). The van der Waals surface area contributed by atoms with Crippen LogP contribution in [0.25, 0.3) is 22.3 Å². The molecule has 0 aliphatic carbocycles. The van der Waals surface area contributed by atoms with Gasteiger partial charge in [0.15, 0.2) is 0 Å². The van der Waals surface area contributed by atoms with Crippen molar-refractivity contribution in [3.63, 3.8) is 0 Å². The lowest BCUT2D eigenvalue weighted by atomic mass is 9.93. The maximum atomic E-state index is 14.6. The van der Waals surface area contributed by atoms with Crippen LogP contribution in [0.3, 0.4) is 0 Å². The zero-order valence-corrected chi connectivity index (χ0v) is 37.4. The Labute approximate surface area is 390 Å². The summed E-state index contributed by atoms with van der Waals surface area (Å²) in [5.74, 6) is -7.58. The van der Waals surface area contributed by atoms with E-state index >= 15 is 0 Å². The number of halogens is 1. The van der Waals surface area contributed by atoms with E-state index < -0.39 is 83.5 Å².